The minimum Gasteiger partial charge on any atom is -0.444 e. The van der Waals surface area contributed by atoms with Gasteiger partial charge in [0.2, 0.25) is 0 Å². The highest BCUT2D eigenvalue weighted by Gasteiger charge is 2.34. The van der Waals surface area contributed by atoms with Crippen molar-refractivity contribution >= 4 is 52.5 Å². The summed E-state index contributed by atoms with van der Waals surface area (Å²) in [6, 6.07) is 1.60. The summed E-state index contributed by atoms with van der Waals surface area (Å²) in [5.41, 5.74) is -1.58. The van der Waals surface area contributed by atoms with E-state index in [1.165, 1.54) is 12.5 Å². The van der Waals surface area contributed by atoms with Crippen LogP contribution in [-0.2, 0) is 10.9 Å². The van der Waals surface area contributed by atoms with Crippen LogP contribution in [0.4, 0.5) is 29.6 Å². The highest BCUT2D eigenvalue weighted by Crippen LogP contribution is 2.35. The highest BCUT2D eigenvalue weighted by molar-refractivity contribution is 7.13. The minimum atomic E-state index is -4.72. The predicted molar refractivity (Wildman–Crippen MR) is 157 cm³/mol. The smallest absolute Gasteiger partial charge is 0.418 e. The molecule has 3 aromatic heterocycles. The Labute approximate surface area is 259 Å². The SMILES string of the molecule is CC(NC(=O)c1cc(N2CC[C@H](CNC(=O)OC(C)(C)C)C2)ncn1)c1ncc(C(=O)Nc2cc(C(F)(F)F)c(Cl)cn2)s1. The highest BCUT2D eigenvalue weighted by atomic mass is 35.5. The number of nitrogens with one attached hydrogen (secondary N) is 3. The number of thiazole rings is 1. The molecule has 2 atom stereocenters. The summed E-state index contributed by atoms with van der Waals surface area (Å²) in [4.78, 5) is 55.9. The Morgan fingerprint density at radius 1 is 1.11 bits per heavy atom. The van der Waals surface area contributed by atoms with E-state index in [2.05, 4.69) is 35.9 Å². The largest absolute Gasteiger partial charge is 0.444 e. The molecule has 236 valence electrons. The van der Waals surface area contributed by atoms with E-state index in [0.717, 1.165) is 24.0 Å². The number of hydrogen-bond acceptors (Lipinski definition) is 10. The molecule has 4 heterocycles. The van der Waals surface area contributed by atoms with Gasteiger partial charge in [0.25, 0.3) is 11.8 Å². The molecule has 1 aliphatic rings. The molecule has 17 heteroatoms. The van der Waals surface area contributed by atoms with E-state index in [4.69, 9.17) is 16.3 Å². The zero-order valence-corrected chi connectivity index (χ0v) is 25.7. The average Bonchev–Trinajstić information content (AvgIpc) is 3.62. The van der Waals surface area contributed by atoms with Crippen LogP contribution in [0.5, 0.6) is 0 Å². The molecule has 1 fully saturated rings. The molecule has 0 aliphatic carbocycles. The Morgan fingerprint density at radius 2 is 1.86 bits per heavy atom. The first-order chi connectivity index (χ1) is 20.6. The Bertz CT molecular complexity index is 1530. The predicted octanol–water partition coefficient (Wildman–Crippen LogP) is 5.09. The van der Waals surface area contributed by atoms with Crippen LogP contribution in [0.25, 0.3) is 0 Å². The summed E-state index contributed by atoms with van der Waals surface area (Å²) >= 11 is 6.54. The second-order valence-electron chi connectivity index (χ2n) is 11.0. The normalized spacial score (nSPS) is 15.9. The van der Waals surface area contributed by atoms with E-state index in [0.29, 0.717) is 36.5 Å². The van der Waals surface area contributed by atoms with Gasteiger partial charge in [0.1, 0.15) is 39.1 Å². The number of alkyl halides is 3. The molecule has 44 heavy (non-hydrogen) atoms. The first-order valence-corrected chi connectivity index (χ1v) is 14.6. The van der Waals surface area contributed by atoms with Gasteiger partial charge in [-0.25, -0.2) is 24.7 Å². The minimum absolute atomic E-state index is 0.0977. The van der Waals surface area contributed by atoms with Crippen molar-refractivity contribution in [3.8, 4) is 0 Å². The molecule has 3 aromatic rings. The van der Waals surface area contributed by atoms with E-state index in [1.54, 1.807) is 33.8 Å². The monoisotopic (exact) mass is 654 g/mol. The van der Waals surface area contributed by atoms with Crippen LogP contribution < -0.4 is 20.9 Å². The van der Waals surface area contributed by atoms with Crippen molar-refractivity contribution in [1.29, 1.82) is 0 Å². The molecule has 4 rings (SSSR count). The Morgan fingerprint density at radius 3 is 2.57 bits per heavy atom. The van der Waals surface area contributed by atoms with Gasteiger partial charge in [0, 0.05) is 31.9 Å². The average molecular weight is 655 g/mol. The molecule has 1 saturated heterocycles. The number of carbonyl (C=O) groups excluding carboxylic acids is 3. The second kappa shape index (κ2) is 13.3. The summed E-state index contributed by atoms with van der Waals surface area (Å²) in [7, 11) is 0. The third-order valence-electron chi connectivity index (χ3n) is 6.30. The van der Waals surface area contributed by atoms with Crippen molar-refractivity contribution in [2.45, 2.75) is 51.9 Å². The van der Waals surface area contributed by atoms with Gasteiger partial charge in [-0.2, -0.15) is 13.2 Å². The third kappa shape index (κ3) is 8.75. The third-order valence-corrected chi connectivity index (χ3v) is 7.78. The fourth-order valence-corrected chi connectivity index (χ4v) is 5.25. The molecule has 3 amide bonds. The van der Waals surface area contributed by atoms with Crippen molar-refractivity contribution in [3.63, 3.8) is 0 Å². The van der Waals surface area contributed by atoms with E-state index in [9.17, 15) is 27.6 Å². The Balaban J connectivity index is 1.32. The number of pyridine rings is 1. The number of nitrogens with zero attached hydrogens (tertiary/aromatic N) is 5. The van der Waals surface area contributed by atoms with Crippen molar-refractivity contribution in [2.75, 3.05) is 29.9 Å². The number of amides is 3. The Hall–Kier alpha value is -4.05. The number of aromatic nitrogens is 4. The van der Waals surface area contributed by atoms with Gasteiger partial charge >= 0.3 is 12.3 Å². The summed E-state index contributed by atoms with van der Waals surface area (Å²) in [6.07, 6.45) is -1.02. The van der Waals surface area contributed by atoms with Crippen molar-refractivity contribution in [2.24, 2.45) is 5.92 Å². The van der Waals surface area contributed by atoms with Crippen LogP contribution >= 0.6 is 22.9 Å². The molecule has 0 spiro atoms. The maximum Gasteiger partial charge on any atom is 0.418 e. The van der Waals surface area contributed by atoms with Gasteiger partial charge in [-0.1, -0.05) is 11.6 Å². The molecule has 0 aromatic carbocycles. The maximum atomic E-state index is 13.1. The number of alkyl carbamates (subject to hydrolysis) is 1. The molecular weight excluding hydrogens is 625 g/mol. The number of carbonyl (C=O) groups is 3. The first kappa shape index (κ1) is 32.9. The van der Waals surface area contributed by atoms with Crippen molar-refractivity contribution < 1.29 is 32.3 Å². The molecule has 0 radical (unpaired) electrons. The summed E-state index contributed by atoms with van der Waals surface area (Å²) in [6.45, 7) is 8.80. The van der Waals surface area contributed by atoms with Crippen molar-refractivity contribution in [1.82, 2.24) is 30.6 Å². The lowest BCUT2D eigenvalue weighted by atomic mass is 10.1. The van der Waals surface area contributed by atoms with E-state index in [1.807, 2.05) is 4.90 Å². The van der Waals surface area contributed by atoms with Gasteiger partial charge in [-0.05, 0) is 46.1 Å². The number of rotatable bonds is 8. The van der Waals surface area contributed by atoms with E-state index < -0.39 is 46.3 Å². The van der Waals surface area contributed by atoms with Crippen LogP contribution in [0.2, 0.25) is 5.02 Å². The molecule has 0 saturated carbocycles. The zero-order chi connectivity index (χ0) is 32.2. The second-order valence-corrected chi connectivity index (χ2v) is 12.5. The molecule has 0 bridgehead atoms. The summed E-state index contributed by atoms with van der Waals surface area (Å²) < 4.78 is 44.6. The van der Waals surface area contributed by atoms with Crippen LogP contribution in [0, 0.1) is 5.92 Å². The number of ether oxygens (including phenoxy) is 1. The fourth-order valence-electron chi connectivity index (χ4n) is 4.22. The van der Waals surface area contributed by atoms with E-state index >= 15 is 0 Å². The van der Waals surface area contributed by atoms with Gasteiger partial charge in [-0.3, -0.25) is 9.59 Å². The molecule has 1 aliphatic heterocycles. The number of hydrogen-bond donors (Lipinski definition) is 3. The topological polar surface area (TPSA) is 151 Å². The molecule has 12 nitrogen and oxygen atoms in total. The fraction of sp³-hybridized carbons (Fsp3) is 0.444. The lowest BCUT2D eigenvalue weighted by Crippen LogP contribution is -2.36. The first-order valence-electron chi connectivity index (χ1n) is 13.4. The molecular formula is C27H30ClF3N8O4S. The lowest BCUT2D eigenvalue weighted by Gasteiger charge is -2.21. The van der Waals surface area contributed by atoms with Crippen LogP contribution in [0.15, 0.2) is 30.9 Å². The van der Waals surface area contributed by atoms with Crippen molar-refractivity contribution in [3.05, 3.63) is 57.0 Å². The zero-order valence-electron chi connectivity index (χ0n) is 24.2. The van der Waals surface area contributed by atoms with Crippen LogP contribution in [-0.4, -0.2) is 63.1 Å². The van der Waals surface area contributed by atoms with Gasteiger partial charge < -0.3 is 25.6 Å². The van der Waals surface area contributed by atoms with Gasteiger partial charge in [-0.15, -0.1) is 11.3 Å². The number of anilines is 2. The van der Waals surface area contributed by atoms with Gasteiger partial charge in [0.15, 0.2) is 0 Å². The van der Waals surface area contributed by atoms with Crippen LogP contribution in [0.3, 0.4) is 0 Å². The lowest BCUT2D eigenvalue weighted by molar-refractivity contribution is -0.137. The maximum absolute atomic E-state index is 13.1. The van der Waals surface area contributed by atoms with Gasteiger partial charge in [0.05, 0.1) is 22.8 Å². The number of halogens is 4. The quantitative estimate of drug-likeness (QED) is 0.301. The Kier molecular flexibility index (Phi) is 9.93. The van der Waals surface area contributed by atoms with E-state index in [-0.39, 0.29) is 22.3 Å². The van der Waals surface area contributed by atoms with Crippen LogP contribution in [0.1, 0.15) is 70.9 Å². The summed E-state index contributed by atoms with van der Waals surface area (Å²) in [5, 5.41) is 7.66. The summed E-state index contributed by atoms with van der Waals surface area (Å²) in [5.74, 6) is -0.801. The molecule has 1 unspecified atom stereocenters. The molecule has 3 N–H and O–H groups in total. The standard InChI is InChI=1S/C27H30ClF3N8O4S/c1-14(24-33-11-19(44-24)23(41)38-20-7-16(27(29,30)31)17(28)10-32-20)37-22(40)18-8-21(36-13-35-18)39-6-5-15(12-39)9-34-25(42)43-26(2,3)4/h7-8,10-11,13-15H,5-6,9,12H2,1-4H3,(H,34,42)(H,37,40)(H,32,38,41)/t14?,15-/m1/s1.